The number of nitrogens with two attached hydrogens (primary N) is 1. The Bertz CT molecular complexity index is 387. The maximum atomic E-state index is 13.7. The van der Waals surface area contributed by atoms with Gasteiger partial charge in [-0.15, -0.1) is 0 Å². The van der Waals surface area contributed by atoms with Crippen LogP contribution in [0.5, 0.6) is 0 Å². The van der Waals surface area contributed by atoms with E-state index in [-0.39, 0.29) is 17.6 Å². The summed E-state index contributed by atoms with van der Waals surface area (Å²) in [4.78, 5) is 11.4. The number of carbonyl (C=O) groups is 1. The molecule has 0 aromatic heterocycles. The molecule has 0 bridgehead atoms. The van der Waals surface area contributed by atoms with Gasteiger partial charge in [0.2, 0.25) is 5.91 Å². The van der Waals surface area contributed by atoms with E-state index in [1.54, 1.807) is 18.2 Å². The van der Waals surface area contributed by atoms with Gasteiger partial charge >= 0.3 is 0 Å². The van der Waals surface area contributed by atoms with E-state index in [9.17, 15) is 9.18 Å². The lowest BCUT2D eigenvalue weighted by Gasteiger charge is -2.32. The fourth-order valence-corrected chi connectivity index (χ4v) is 2.24. The van der Waals surface area contributed by atoms with Gasteiger partial charge in [0, 0.05) is 11.3 Å². The van der Waals surface area contributed by atoms with Crippen LogP contribution in [0.2, 0.25) is 0 Å². The summed E-state index contributed by atoms with van der Waals surface area (Å²) < 4.78 is 13.7. The lowest BCUT2D eigenvalue weighted by atomic mass is 9.71. The summed E-state index contributed by atoms with van der Waals surface area (Å²) in [5.74, 6) is -1.02. The summed E-state index contributed by atoms with van der Waals surface area (Å²) in [6, 6.07) is 6.53. The lowest BCUT2D eigenvalue weighted by Crippen LogP contribution is -2.38. The molecule has 1 amide bonds. The highest BCUT2D eigenvalue weighted by Crippen LogP contribution is 2.34. The van der Waals surface area contributed by atoms with Crippen LogP contribution >= 0.6 is 0 Å². The number of benzene rings is 1. The van der Waals surface area contributed by atoms with E-state index in [0.29, 0.717) is 12.0 Å². The average molecular weight is 223 g/mol. The second-order valence-electron chi connectivity index (χ2n) is 4.56. The second kappa shape index (κ2) is 4.64. The fraction of sp³-hybridized carbons (Fsp3) is 0.462. The molecule has 0 saturated heterocycles. The molecule has 0 heterocycles. The summed E-state index contributed by atoms with van der Waals surface area (Å²) in [7, 11) is 0. The van der Waals surface area contributed by atoms with Crippen LogP contribution in [-0.2, 0) is 10.2 Å². The van der Waals surface area contributed by atoms with Crippen molar-refractivity contribution in [2.75, 3.05) is 0 Å². The molecule has 0 radical (unpaired) electrons. The van der Waals surface area contributed by atoms with E-state index in [4.69, 9.17) is 5.73 Å². The Balaban J connectivity index is 3.19. The molecule has 1 aromatic carbocycles. The number of carbonyl (C=O) groups excluding carboxylic acids is 1. The number of primary amides is 1. The molecular weight excluding hydrogens is 205 g/mol. The molecule has 1 rings (SSSR count). The molecule has 0 aliphatic heterocycles. The number of rotatable bonds is 4. The lowest BCUT2D eigenvalue weighted by molar-refractivity contribution is -0.123. The Morgan fingerprint density at radius 2 is 2.00 bits per heavy atom. The van der Waals surface area contributed by atoms with Crippen molar-refractivity contribution in [1.29, 1.82) is 0 Å². The summed E-state index contributed by atoms with van der Waals surface area (Å²) in [6.45, 7) is 5.59. The topological polar surface area (TPSA) is 43.1 Å². The van der Waals surface area contributed by atoms with Gasteiger partial charge < -0.3 is 5.73 Å². The SMILES string of the molecule is CCC(C(N)=O)C(C)(C)c1ccccc1F. The predicted octanol–water partition coefficient (Wildman–Crippen LogP) is 2.61. The van der Waals surface area contributed by atoms with Gasteiger partial charge in [-0.1, -0.05) is 39.0 Å². The molecule has 1 atom stereocenters. The third kappa shape index (κ3) is 2.23. The smallest absolute Gasteiger partial charge is 0.221 e. The highest BCUT2D eigenvalue weighted by Gasteiger charge is 2.35. The van der Waals surface area contributed by atoms with Crippen molar-refractivity contribution in [1.82, 2.24) is 0 Å². The van der Waals surface area contributed by atoms with Crippen molar-refractivity contribution in [3.63, 3.8) is 0 Å². The van der Waals surface area contributed by atoms with Gasteiger partial charge in [-0.3, -0.25) is 4.79 Å². The molecule has 0 aliphatic rings. The molecule has 0 spiro atoms. The van der Waals surface area contributed by atoms with Crippen LogP contribution in [-0.4, -0.2) is 5.91 Å². The van der Waals surface area contributed by atoms with Crippen molar-refractivity contribution in [2.24, 2.45) is 11.7 Å². The van der Waals surface area contributed by atoms with Gasteiger partial charge in [0.25, 0.3) is 0 Å². The molecule has 0 saturated carbocycles. The van der Waals surface area contributed by atoms with Crippen LogP contribution in [0.15, 0.2) is 24.3 Å². The largest absolute Gasteiger partial charge is 0.369 e. The van der Waals surface area contributed by atoms with Gasteiger partial charge in [-0.25, -0.2) is 4.39 Å². The molecule has 1 unspecified atom stereocenters. The molecule has 16 heavy (non-hydrogen) atoms. The van der Waals surface area contributed by atoms with Crippen LogP contribution in [0, 0.1) is 11.7 Å². The Hall–Kier alpha value is -1.38. The van der Waals surface area contributed by atoms with Crippen LogP contribution in [0.3, 0.4) is 0 Å². The number of amides is 1. The zero-order valence-corrected chi connectivity index (χ0v) is 9.96. The monoisotopic (exact) mass is 223 g/mol. The van der Waals surface area contributed by atoms with Gasteiger partial charge in [0.05, 0.1) is 0 Å². The Morgan fingerprint density at radius 3 is 2.44 bits per heavy atom. The number of halogens is 1. The molecular formula is C13H18FNO. The minimum Gasteiger partial charge on any atom is -0.369 e. The van der Waals surface area contributed by atoms with Crippen LogP contribution in [0.1, 0.15) is 32.8 Å². The van der Waals surface area contributed by atoms with Crippen LogP contribution in [0.25, 0.3) is 0 Å². The Morgan fingerprint density at radius 1 is 1.44 bits per heavy atom. The van der Waals surface area contributed by atoms with Gasteiger partial charge in [0.1, 0.15) is 5.82 Å². The molecule has 2 N–H and O–H groups in total. The highest BCUT2D eigenvalue weighted by molar-refractivity contribution is 5.78. The molecule has 0 aliphatic carbocycles. The number of hydrogen-bond donors (Lipinski definition) is 1. The van der Waals surface area contributed by atoms with E-state index in [1.165, 1.54) is 6.07 Å². The fourth-order valence-electron chi connectivity index (χ4n) is 2.24. The zero-order chi connectivity index (χ0) is 12.3. The van der Waals surface area contributed by atoms with Crippen molar-refractivity contribution < 1.29 is 9.18 Å². The summed E-state index contributed by atoms with van der Waals surface area (Å²) in [6.07, 6.45) is 0.608. The van der Waals surface area contributed by atoms with Gasteiger partial charge in [-0.2, -0.15) is 0 Å². The molecule has 1 aromatic rings. The molecule has 2 nitrogen and oxygen atoms in total. The zero-order valence-electron chi connectivity index (χ0n) is 9.96. The maximum absolute atomic E-state index is 13.7. The van der Waals surface area contributed by atoms with Crippen molar-refractivity contribution in [3.05, 3.63) is 35.6 Å². The second-order valence-corrected chi connectivity index (χ2v) is 4.56. The minimum absolute atomic E-state index is 0.285. The van der Waals surface area contributed by atoms with Gasteiger partial charge in [-0.05, 0) is 18.1 Å². The predicted molar refractivity (Wildman–Crippen MR) is 62.4 cm³/mol. The quantitative estimate of drug-likeness (QED) is 0.837. The average Bonchev–Trinajstić information content (AvgIpc) is 2.17. The van der Waals surface area contributed by atoms with Crippen molar-refractivity contribution in [2.45, 2.75) is 32.6 Å². The Kier molecular flexibility index (Phi) is 3.68. The van der Waals surface area contributed by atoms with Crippen LogP contribution < -0.4 is 5.73 Å². The summed E-state index contributed by atoms with van der Waals surface area (Å²) in [5, 5.41) is 0. The van der Waals surface area contributed by atoms with E-state index in [1.807, 2.05) is 20.8 Å². The molecule has 88 valence electrons. The Labute approximate surface area is 95.7 Å². The first-order valence-electron chi connectivity index (χ1n) is 5.45. The van der Waals surface area contributed by atoms with E-state index in [0.717, 1.165) is 0 Å². The standard InChI is InChI=1S/C13H18FNO/c1-4-9(12(15)16)13(2,3)10-7-5-6-8-11(10)14/h5-9H,4H2,1-3H3,(H2,15,16). The van der Waals surface area contributed by atoms with E-state index >= 15 is 0 Å². The summed E-state index contributed by atoms with van der Waals surface area (Å²) >= 11 is 0. The van der Waals surface area contributed by atoms with E-state index < -0.39 is 5.41 Å². The van der Waals surface area contributed by atoms with E-state index in [2.05, 4.69) is 0 Å². The first-order chi connectivity index (χ1) is 7.41. The minimum atomic E-state index is -0.577. The number of hydrogen-bond acceptors (Lipinski definition) is 1. The van der Waals surface area contributed by atoms with Gasteiger partial charge in [0.15, 0.2) is 0 Å². The highest BCUT2D eigenvalue weighted by atomic mass is 19.1. The van der Waals surface area contributed by atoms with Crippen molar-refractivity contribution in [3.8, 4) is 0 Å². The van der Waals surface area contributed by atoms with Crippen molar-refractivity contribution >= 4 is 5.91 Å². The molecule has 0 fully saturated rings. The third-order valence-corrected chi connectivity index (χ3v) is 3.19. The first-order valence-corrected chi connectivity index (χ1v) is 5.45. The first kappa shape index (κ1) is 12.7. The maximum Gasteiger partial charge on any atom is 0.221 e. The molecule has 3 heteroatoms. The third-order valence-electron chi connectivity index (χ3n) is 3.19. The summed E-state index contributed by atoms with van der Waals surface area (Å²) in [5.41, 5.74) is 5.32. The normalized spacial score (nSPS) is 13.5. The van der Waals surface area contributed by atoms with Crippen LogP contribution in [0.4, 0.5) is 4.39 Å².